The van der Waals surface area contributed by atoms with E-state index in [4.69, 9.17) is 16.3 Å². The number of hydrogen-bond donors (Lipinski definition) is 1. The molecule has 1 amide bonds. The molecule has 0 radical (unpaired) electrons. The van der Waals surface area contributed by atoms with Crippen molar-refractivity contribution in [1.82, 2.24) is 0 Å². The molecule has 1 unspecified atom stereocenters. The van der Waals surface area contributed by atoms with Crippen LogP contribution in [0.1, 0.15) is 19.8 Å². The lowest BCUT2D eigenvalue weighted by molar-refractivity contribution is -0.116. The highest BCUT2D eigenvalue weighted by Gasteiger charge is 2.08. The van der Waals surface area contributed by atoms with E-state index in [0.29, 0.717) is 23.6 Å². The Morgan fingerprint density at radius 3 is 2.94 bits per heavy atom. The van der Waals surface area contributed by atoms with Crippen molar-refractivity contribution in [3.8, 4) is 0 Å². The number of anilines is 1. The van der Waals surface area contributed by atoms with Gasteiger partial charge >= 0.3 is 0 Å². The van der Waals surface area contributed by atoms with Crippen LogP contribution in [0.5, 0.6) is 0 Å². The SMILES string of the molecule is COC(C)CCC(=O)Nc1cc(Br)ccc1Cl. The van der Waals surface area contributed by atoms with E-state index in [1.165, 1.54) is 0 Å². The molecule has 0 bridgehead atoms. The van der Waals surface area contributed by atoms with Crippen molar-refractivity contribution in [3.63, 3.8) is 0 Å². The third kappa shape index (κ3) is 5.06. The number of rotatable bonds is 5. The summed E-state index contributed by atoms with van der Waals surface area (Å²) in [5.74, 6) is -0.0612. The fourth-order valence-corrected chi connectivity index (χ4v) is 1.78. The molecule has 0 aliphatic carbocycles. The fourth-order valence-electron chi connectivity index (χ4n) is 1.26. The lowest BCUT2D eigenvalue weighted by Gasteiger charge is -2.10. The van der Waals surface area contributed by atoms with Crippen LogP contribution >= 0.6 is 27.5 Å². The standard InChI is InChI=1S/C12H15BrClNO2/c1-8(17-2)3-6-12(16)15-11-7-9(13)4-5-10(11)14/h4-5,7-8H,3,6H2,1-2H3,(H,15,16). The van der Waals surface area contributed by atoms with Crippen molar-refractivity contribution >= 4 is 39.1 Å². The van der Waals surface area contributed by atoms with Gasteiger partial charge in [0.15, 0.2) is 0 Å². The Morgan fingerprint density at radius 1 is 1.59 bits per heavy atom. The molecule has 17 heavy (non-hydrogen) atoms. The highest BCUT2D eigenvalue weighted by molar-refractivity contribution is 9.10. The number of carbonyl (C=O) groups is 1. The van der Waals surface area contributed by atoms with Crippen LogP contribution in [0.15, 0.2) is 22.7 Å². The zero-order valence-electron chi connectivity index (χ0n) is 9.80. The summed E-state index contributed by atoms with van der Waals surface area (Å²) in [6, 6.07) is 5.34. The number of benzene rings is 1. The van der Waals surface area contributed by atoms with Crippen LogP contribution in [0.25, 0.3) is 0 Å². The molecule has 0 aliphatic heterocycles. The van der Waals surface area contributed by atoms with Gasteiger partial charge in [0.2, 0.25) is 5.91 Å². The molecular formula is C12H15BrClNO2. The van der Waals surface area contributed by atoms with Gasteiger partial charge in [-0.05, 0) is 31.5 Å². The van der Waals surface area contributed by atoms with Gasteiger partial charge in [-0.1, -0.05) is 27.5 Å². The first-order chi connectivity index (χ1) is 8.02. The molecule has 3 nitrogen and oxygen atoms in total. The summed E-state index contributed by atoms with van der Waals surface area (Å²) in [5, 5.41) is 3.30. The van der Waals surface area contributed by atoms with Crippen molar-refractivity contribution in [2.45, 2.75) is 25.9 Å². The van der Waals surface area contributed by atoms with Gasteiger partial charge in [0.25, 0.3) is 0 Å². The predicted molar refractivity (Wildman–Crippen MR) is 73.5 cm³/mol. The monoisotopic (exact) mass is 319 g/mol. The van der Waals surface area contributed by atoms with Gasteiger partial charge in [-0.15, -0.1) is 0 Å². The Labute approximate surface area is 115 Å². The van der Waals surface area contributed by atoms with Crippen LogP contribution in [-0.2, 0) is 9.53 Å². The second kappa shape index (κ2) is 6.99. The van der Waals surface area contributed by atoms with Crippen LogP contribution in [0, 0.1) is 0 Å². The Morgan fingerprint density at radius 2 is 2.29 bits per heavy atom. The van der Waals surface area contributed by atoms with Crippen molar-refractivity contribution < 1.29 is 9.53 Å². The quantitative estimate of drug-likeness (QED) is 0.894. The first-order valence-corrected chi connectivity index (χ1v) is 6.47. The van der Waals surface area contributed by atoms with E-state index in [1.54, 1.807) is 19.2 Å². The average molecular weight is 321 g/mol. The van der Waals surface area contributed by atoms with Gasteiger partial charge in [-0.25, -0.2) is 0 Å². The number of ether oxygens (including phenoxy) is 1. The van der Waals surface area contributed by atoms with Crippen molar-refractivity contribution in [1.29, 1.82) is 0 Å². The van der Waals surface area contributed by atoms with Crippen LogP contribution in [-0.4, -0.2) is 19.1 Å². The minimum absolute atomic E-state index is 0.0612. The predicted octanol–water partition coefficient (Wildman–Crippen LogP) is 3.86. The first kappa shape index (κ1) is 14.5. The highest BCUT2D eigenvalue weighted by Crippen LogP contribution is 2.25. The molecular weight excluding hydrogens is 305 g/mol. The lowest BCUT2D eigenvalue weighted by atomic mass is 10.2. The van der Waals surface area contributed by atoms with Crippen molar-refractivity contribution in [2.75, 3.05) is 12.4 Å². The Balaban J connectivity index is 2.53. The molecule has 1 aromatic rings. The zero-order chi connectivity index (χ0) is 12.8. The second-order valence-electron chi connectivity index (χ2n) is 3.76. The van der Waals surface area contributed by atoms with Gasteiger partial charge in [0.1, 0.15) is 0 Å². The summed E-state index contributed by atoms with van der Waals surface area (Å²) in [6.45, 7) is 1.93. The molecule has 0 saturated carbocycles. The van der Waals surface area contributed by atoms with E-state index in [1.807, 2.05) is 13.0 Å². The topological polar surface area (TPSA) is 38.3 Å². The number of methoxy groups -OCH3 is 1. The van der Waals surface area contributed by atoms with E-state index in [0.717, 1.165) is 4.47 Å². The summed E-state index contributed by atoms with van der Waals surface area (Å²) < 4.78 is 5.96. The molecule has 1 aromatic carbocycles. The molecule has 0 spiro atoms. The Kier molecular flexibility index (Phi) is 5.95. The normalized spacial score (nSPS) is 12.2. The van der Waals surface area contributed by atoms with Crippen LogP contribution < -0.4 is 5.32 Å². The molecule has 5 heteroatoms. The largest absolute Gasteiger partial charge is 0.382 e. The maximum absolute atomic E-state index is 11.7. The van der Waals surface area contributed by atoms with E-state index in [9.17, 15) is 4.79 Å². The number of hydrogen-bond acceptors (Lipinski definition) is 2. The van der Waals surface area contributed by atoms with Gasteiger partial charge in [0.05, 0.1) is 16.8 Å². The third-order valence-electron chi connectivity index (χ3n) is 2.38. The third-order valence-corrected chi connectivity index (χ3v) is 3.21. The zero-order valence-corrected chi connectivity index (χ0v) is 12.1. The van der Waals surface area contributed by atoms with Crippen LogP contribution in [0.2, 0.25) is 5.02 Å². The van der Waals surface area contributed by atoms with Gasteiger partial charge in [-0.3, -0.25) is 4.79 Å². The number of nitrogens with one attached hydrogen (secondary N) is 1. The van der Waals surface area contributed by atoms with Crippen LogP contribution in [0.3, 0.4) is 0 Å². The molecule has 0 heterocycles. The summed E-state index contributed by atoms with van der Waals surface area (Å²) in [6.07, 6.45) is 1.19. The number of halogens is 2. The summed E-state index contributed by atoms with van der Waals surface area (Å²) in [5.41, 5.74) is 0.621. The minimum Gasteiger partial charge on any atom is -0.382 e. The molecule has 0 aliphatic rings. The summed E-state index contributed by atoms with van der Waals surface area (Å²) in [4.78, 5) is 11.7. The molecule has 0 fully saturated rings. The van der Waals surface area contributed by atoms with E-state index >= 15 is 0 Å². The Hall–Kier alpha value is -0.580. The van der Waals surface area contributed by atoms with E-state index in [2.05, 4.69) is 21.2 Å². The molecule has 1 atom stereocenters. The van der Waals surface area contributed by atoms with Crippen molar-refractivity contribution in [3.05, 3.63) is 27.7 Å². The maximum Gasteiger partial charge on any atom is 0.224 e. The van der Waals surface area contributed by atoms with Crippen LogP contribution in [0.4, 0.5) is 5.69 Å². The molecule has 94 valence electrons. The maximum atomic E-state index is 11.7. The second-order valence-corrected chi connectivity index (χ2v) is 5.08. The van der Waals surface area contributed by atoms with Gasteiger partial charge < -0.3 is 10.1 Å². The molecule has 1 N–H and O–H groups in total. The van der Waals surface area contributed by atoms with E-state index < -0.39 is 0 Å². The summed E-state index contributed by atoms with van der Waals surface area (Å²) in [7, 11) is 1.63. The molecule has 0 saturated heterocycles. The first-order valence-electron chi connectivity index (χ1n) is 5.30. The molecule has 1 rings (SSSR count). The van der Waals surface area contributed by atoms with Crippen molar-refractivity contribution in [2.24, 2.45) is 0 Å². The van der Waals surface area contributed by atoms with Gasteiger partial charge in [-0.2, -0.15) is 0 Å². The average Bonchev–Trinajstić information content (AvgIpc) is 2.30. The minimum atomic E-state index is -0.0612. The Bertz CT molecular complexity index is 398. The lowest BCUT2D eigenvalue weighted by Crippen LogP contribution is -2.15. The summed E-state index contributed by atoms with van der Waals surface area (Å²) >= 11 is 9.30. The molecule has 0 aromatic heterocycles. The number of amides is 1. The van der Waals surface area contributed by atoms with Gasteiger partial charge in [0, 0.05) is 18.0 Å². The smallest absolute Gasteiger partial charge is 0.224 e. The fraction of sp³-hybridized carbons (Fsp3) is 0.417. The van der Waals surface area contributed by atoms with E-state index in [-0.39, 0.29) is 12.0 Å². The number of carbonyl (C=O) groups excluding carboxylic acids is 1. The highest BCUT2D eigenvalue weighted by atomic mass is 79.9.